The zero-order chi connectivity index (χ0) is 10.9. The number of rotatable bonds is 3. The quantitative estimate of drug-likeness (QED) is 0.836. The van der Waals surface area contributed by atoms with E-state index in [0.717, 1.165) is 24.6 Å². The van der Waals surface area contributed by atoms with Crippen molar-refractivity contribution in [2.75, 3.05) is 6.61 Å². The van der Waals surface area contributed by atoms with Crippen molar-refractivity contribution < 1.29 is 18.6 Å². The predicted molar refractivity (Wildman–Crippen MR) is 50.7 cm³/mol. The highest BCUT2D eigenvalue weighted by Crippen LogP contribution is 2.32. The summed E-state index contributed by atoms with van der Waals surface area (Å²) < 4.78 is 30.9. The number of halogens is 2. The van der Waals surface area contributed by atoms with Crippen LogP contribution in [0.25, 0.3) is 0 Å². The van der Waals surface area contributed by atoms with Crippen molar-refractivity contribution >= 4 is 0 Å². The number of aliphatic hydroxyl groups is 1. The second kappa shape index (κ2) is 3.77. The second-order valence-electron chi connectivity index (χ2n) is 3.94. The van der Waals surface area contributed by atoms with E-state index in [1.165, 1.54) is 0 Å². The molecule has 0 heterocycles. The smallest absolute Gasteiger partial charge is 0.165 e. The maximum atomic E-state index is 13.1. The molecule has 1 aliphatic carbocycles. The lowest BCUT2D eigenvalue weighted by molar-refractivity contribution is -0.0670. The highest BCUT2D eigenvalue weighted by molar-refractivity contribution is 5.25. The Balaban J connectivity index is 2.01. The van der Waals surface area contributed by atoms with E-state index in [4.69, 9.17) is 4.74 Å². The highest BCUT2D eigenvalue weighted by Gasteiger charge is 2.35. The monoisotopic (exact) mass is 214 g/mol. The highest BCUT2D eigenvalue weighted by atomic mass is 19.1. The molecule has 0 bridgehead atoms. The third kappa shape index (κ3) is 2.26. The molecule has 1 saturated carbocycles. The molecule has 2 rings (SSSR count). The molecule has 1 N–H and O–H groups in total. The van der Waals surface area contributed by atoms with Crippen molar-refractivity contribution in [3.63, 3.8) is 0 Å². The Morgan fingerprint density at radius 3 is 2.67 bits per heavy atom. The van der Waals surface area contributed by atoms with Gasteiger partial charge in [0.15, 0.2) is 11.6 Å². The van der Waals surface area contributed by atoms with E-state index >= 15 is 0 Å². The zero-order valence-corrected chi connectivity index (χ0v) is 8.17. The van der Waals surface area contributed by atoms with E-state index in [0.29, 0.717) is 12.8 Å². The summed E-state index contributed by atoms with van der Waals surface area (Å²) in [6, 6.07) is 3.02. The van der Waals surface area contributed by atoms with Gasteiger partial charge in [0.2, 0.25) is 0 Å². The third-order valence-corrected chi connectivity index (χ3v) is 2.67. The van der Waals surface area contributed by atoms with Crippen LogP contribution in [-0.4, -0.2) is 17.3 Å². The molecule has 0 spiro atoms. The van der Waals surface area contributed by atoms with Crippen molar-refractivity contribution in [1.82, 2.24) is 0 Å². The van der Waals surface area contributed by atoms with Gasteiger partial charge in [0.1, 0.15) is 12.4 Å². The molecule has 0 saturated heterocycles. The molecule has 0 amide bonds. The van der Waals surface area contributed by atoms with Gasteiger partial charge in [0.05, 0.1) is 5.60 Å². The molecule has 1 aromatic rings. The van der Waals surface area contributed by atoms with Gasteiger partial charge < -0.3 is 9.84 Å². The van der Waals surface area contributed by atoms with Crippen LogP contribution in [0.15, 0.2) is 18.2 Å². The standard InChI is InChI=1S/C11H12F2O2/c12-8-2-3-9(13)10(6-8)15-7-11(14)4-1-5-11/h2-3,6,14H,1,4-5,7H2. The van der Waals surface area contributed by atoms with E-state index in [1.54, 1.807) is 0 Å². The normalized spacial score (nSPS) is 18.3. The van der Waals surface area contributed by atoms with Crippen LogP contribution in [0, 0.1) is 11.6 Å². The first-order valence-corrected chi connectivity index (χ1v) is 4.89. The molecule has 1 aliphatic rings. The van der Waals surface area contributed by atoms with E-state index < -0.39 is 17.2 Å². The van der Waals surface area contributed by atoms with Gasteiger partial charge in [-0.1, -0.05) is 0 Å². The van der Waals surface area contributed by atoms with Crippen LogP contribution in [0.4, 0.5) is 8.78 Å². The summed E-state index contributed by atoms with van der Waals surface area (Å²) in [6.45, 7) is 0.0212. The van der Waals surface area contributed by atoms with Crippen LogP contribution < -0.4 is 4.74 Å². The molecule has 0 radical (unpaired) electrons. The Morgan fingerprint density at radius 1 is 1.33 bits per heavy atom. The number of hydrogen-bond acceptors (Lipinski definition) is 2. The van der Waals surface area contributed by atoms with Crippen molar-refractivity contribution in [3.8, 4) is 5.75 Å². The maximum Gasteiger partial charge on any atom is 0.165 e. The van der Waals surface area contributed by atoms with Crippen molar-refractivity contribution in [1.29, 1.82) is 0 Å². The molecule has 0 aromatic heterocycles. The van der Waals surface area contributed by atoms with Crippen molar-refractivity contribution in [3.05, 3.63) is 29.8 Å². The molecule has 82 valence electrons. The largest absolute Gasteiger partial charge is 0.487 e. The SMILES string of the molecule is OC1(COc2cc(F)ccc2F)CCC1. The summed E-state index contributed by atoms with van der Waals surface area (Å²) in [5.41, 5.74) is -0.848. The fourth-order valence-corrected chi connectivity index (χ4v) is 1.53. The van der Waals surface area contributed by atoms with Crippen molar-refractivity contribution in [2.45, 2.75) is 24.9 Å². The van der Waals surface area contributed by atoms with Gasteiger partial charge in [0.25, 0.3) is 0 Å². The van der Waals surface area contributed by atoms with Gasteiger partial charge in [-0.15, -0.1) is 0 Å². The topological polar surface area (TPSA) is 29.5 Å². The fourth-order valence-electron chi connectivity index (χ4n) is 1.53. The maximum absolute atomic E-state index is 13.1. The average molecular weight is 214 g/mol. The van der Waals surface area contributed by atoms with Gasteiger partial charge in [-0.05, 0) is 31.4 Å². The van der Waals surface area contributed by atoms with Gasteiger partial charge >= 0.3 is 0 Å². The number of hydrogen-bond donors (Lipinski definition) is 1. The lowest BCUT2D eigenvalue weighted by Crippen LogP contribution is -2.42. The third-order valence-electron chi connectivity index (χ3n) is 2.67. The summed E-state index contributed by atoms with van der Waals surface area (Å²) in [4.78, 5) is 0. The van der Waals surface area contributed by atoms with Crippen LogP contribution in [-0.2, 0) is 0 Å². The van der Waals surface area contributed by atoms with Crippen LogP contribution in [0.1, 0.15) is 19.3 Å². The first kappa shape index (κ1) is 10.4. The van der Waals surface area contributed by atoms with Crippen LogP contribution >= 0.6 is 0 Å². The van der Waals surface area contributed by atoms with Crippen LogP contribution in [0.2, 0.25) is 0 Å². The van der Waals surface area contributed by atoms with Crippen LogP contribution in [0.3, 0.4) is 0 Å². The lowest BCUT2D eigenvalue weighted by atomic mass is 9.81. The Kier molecular flexibility index (Phi) is 2.61. The molecule has 0 atom stereocenters. The fraction of sp³-hybridized carbons (Fsp3) is 0.455. The summed E-state index contributed by atoms with van der Waals surface area (Å²) in [7, 11) is 0. The van der Waals surface area contributed by atoms with Gasteiger partial charge in [-0.2, -0.15) is 0 Å². The number of ether oxygens (including phenoxy) is 1. The summed E-state index contributed by atoms with van der Waals surface area (Å²) in [5.74, 6) is -1.30. The molecular formula is C11H12F2O2. The molecule has 2 nitrogen and oxygen atoms in total. The van der Waals surface area contributed by atoms with E-state index in [-0.39, 0.29) is 12.4 Å². The zero-order valence-electron chi connectivity index (χ0n) is 8.17. The van der Waals surface area contributed by atoms with Gasteiger partial charge in [-0.3, -0.25) is 0 Å². The van der Waals surface area contributed by atoms with Crippen LogP contribution in [0.5, 0.6) is 5.75 Å². The molecule has 0 unspecified atom stereocenters. The Labute approximate surface area is 86.5 Å². The lowest BCUT2D eigenvalue weighted by Gasteiger charge is -2.35. The van der Waals surface area contributed by atoms with E-state index in [2.05, 4.69) is 0 Å². The van der Waals surface area contributed by atoms with E-state index in [9.17, 15) is 13.9 Å². The summed E-state index contributed by atoms with van der Waals surface area (Å²) >= 11 is 0. The minimum Gasteiger partial charge on any atom is -0.487 e. The van der Waals surface area contributed by atoms with Gasteiger partial charge in [-0.25, -0.2) is 8.78 Å². The average Bonchev–Trinajstić information content (AvgIpc) is 2.17. The minimum atomic E-state index is -0.848. The second-order valence-corrected chi connectivity index (χ2v) is 3.94. The molecular weight excluding hydrogens is 202 g/mol. The first-order chi connectivity index (χ1) is 7.09. The Bertz CT molecular complexity index is 362. The predicted octanol–water partition coefficient (Wildman–Crippen LogP) is 2.26. The summed E-state index contributed by atoms with van der Waals surface area (Å²) in [5, 5.41) is 9.69. The van der Waals surface area contributed by atoms with Crippen molar-refractivity contribution in [2.24, 2.45) is 0 Å². The molecule has 15 heavy (non-hydrogen) atoms. The molecule has 1 fully saturated rings. The number of benzene rings is 1. The van der Waals surface area contributed by atoms with Gasteiger partial charge in [0, 0.05) is 6.07 Å². The summed E-state index contributed by atoms with van der Waals surface area (Å²) in [6.07, 6.45) is 2.26. The molecule has 4 heteroatoms. The first-order valence-electron chi connectivity index (χ1n) is 4.89. The molecule has 0 aliphatic heterocycles. The minimum absolute atomic E-state index is 0.0212. The van der Waals surface area contributed by atoms with E-state index in [1.807, 2.05) is 0 Å². The molecule has 1 aromatic carbocycles. The Morgan fingerprint density at radius 2 is 2.07 bits per heavy atom. The Hall–Kier alpha value is -1.16.